The molecule has 1 atom stereocenters. The zero-order valence-electron chi connectivity index (χ0n) is 18.9. The normalized spacial score (nSPS) is 12.3. The van der Waals surface area contributed by atoms with E-state index in [1.54, 1.807) is 19.2 Å². The average molecular weight is 434 g/mol. The molecule has 0 bridgehead atoms. The molecule has 0 spiro atoms. The van der Waals surface area contributed by atoms with Crippen molar-refractivity contribution in [3.05, 3.63) is 47.4 Å². The van der Waals surface area contributed by atoms with Gasteiger partial charge in [-0.2, -0.15) is 0 Å². The number of nitrogens with one attached hydrogen (secondary N) is 1. The van der Waals surface area contributed by atoms with Gasteiger partial charge in [0.25, 0.3) is 5.91 Å². The van der Waals surface area contributed by atoms with Gasteiger partial charge in [-0.15, -0.1) is 0 Å². The van der Waals surface area contributed by atoms with E-state index in [9.17, 15) is 9.59 Å². The first kappa shape index (κ1) is 24.3. The number of hydrogen-bond donors (Lipinski definition) is 2. The van der Waals surface area contributed by atoms with E-state index in [2.05, 4.69) is 12.2 Å². The Morgan fingerprint density at radius 1 is 1.16 bits per heavy atom. The van der Waals surface area contributed by atoms with Crippen molar-refractivity contribution in [2.75, 3.05) is 34.8 Å². The van der Waals surface area contributed by atoms with Gasteiger partial charge < -0.3 is 28.8 Å². The van der Waals surface area contributed by atoms with E-state index >= 15 is 0 Å². The summed E-state index contributed by atoms with van der Waals surface area (Å²) in [5.41, 5.74) is 1.17. The van der Waals surface area contributed by atoms with Crippen LogP contribution in [-0.2, 0) is 17.8 Å². The topological polar surface area (TPSA) is 98.0 Å². The third-order valence-corrected chi connectivity index (χ3v) is 4.55. The van der Waals surface area contributed by atoms with Gasteiger partial charge in [0.05, 0.1) is 47.3 Å². The third kappa shape index (κ3) is 7.97. The molecule has 2 aromatic rings. The molecule has 0 aliphatic heterocycles. The maximum absolute atomic E-state index is 12.5. The van der Waals surface area contributed by atoms with Gasteiger partial charge in [-0.1, -0.05) is 19.4 Å². The molecule has 1 amide bonds. The van der Waals surface area contributed by atoms with Crippen LogP contribution in [0.1, 0.15) is 41.6 Å². The number of aliphatic carboxylic acids is 1. The number of aryl methyl sites for hydroxylation is 1. The van der Waals surface area contributed by atoms with Gasteiger partial charge in [-0.3, -0.25) is 9.59 Å². The van der Waals surface area contributed by atoms with Crippen molar-refractivity contribution >= 4 is 11.9 Å². The van der Waals surface area contributed by atoms with Crippen LogP contribution in [0.25, 0.3) is 0 Å². The predicted molar refractivity (Wildman–Crippen MR) is 116 cm³/mol. The molecule has 0 saturated carbocycles. The summed E-state index contributed by atoms with van der Waals surface area (Å²) in [6, 6.07) is 8.52. The minimum absolute atomic E-state index is 0.112. The average Bonchev–Trinajstić information content (AvgIpc) is 3.14. The van der Waals surface area contributed by atoms with Crippen molar-refractivity contribution in [1.82, 2.24) is 5.32 Å². The minimum atomic E-state index is -0.966. The number of carboxylic acids is 1. The summed E-state index contributed by atoms with van der Waals surface area (Å²) in [4.78, 5) is 23.7. The molecule has 0 fully saturated rings. The first-order chi connectivity index (χ1) is 14.6. The molecule has 1 aromatic carbocycles. The summed E-state index contributed by atoms with van der Waals surface area (Å²) in [7, 11) is 7.41. The number of nitrogens with zero attached hydrogens (tertiary/aromatic N) is 1. The number of rotatable bonds is 12. The van der Waals surface area contributed by atoms with E-state index in [1.165, 1.54) is 5.56 Å². The van der Waals surface area contributed by atoms with Gasteiger partial charge in [0, 0.05) is 0 Å². The number of quaternary nitrogens is 1. The fourth-order valence-corrected chi connectivity index (χ4v) is 3.29. The third-order valence-electron chi connectivity index (χ3n) is 4.55. The van der Waals surface area contributed by atoms with Gasteiger partial charge in [0.2, 0.25) is 0 Å². The number of amides is 1. The SMILES string of the molecule is CCCc1ccc(OCc2ccc(C(=O)NC(CC(=O)O)C[N+](C)(C)C)o2)c(OC)c1. The van der Waals surface area contributed by atoms with Crippen LogP contribution in [0.3, 0.4) is 0 Å². The summed E-state index contributed by atoms with van der Waals surface area (Å²) in [5.74, 6) is 0.409. The summed E-state index contributed by atoms with van der Waals surface area (Å²) in [6.45, 7) is 2.73. The Morgan fingerprint density at radius 2 is 1.90 bits per heavy atom. The minimum Gasteiger partial charge on any atom is -0.493 e. The van der Waals surface area contributed by atoms with Crippen molar-refractivity contribution in [2.24, 2.45) is 0 Å². The maximum Gasteiger partial charge on any atom is 0.305 e. The molecule has 8 nitrogen and oxygen atoms in total. The molecule has 0 radical (unpaired) electrons. The Labute approximate surface area is 183 Å². The number of hydrogen-bond acceptors (Lipinski definition) is 5. The van der Waals surface area contributed by atoms with Crippen LogP contribution in [0.5, 0.6) is 11.5 Å². The highest BCUT2D eigenvalue weighted by molar-refractivity contribution is 5.92. The Balaban J connectivity index is 2.01. The Kier molecular flexibility index (Phi) is 8.50. The largest absolute Gasteiger partial charge is 0.493 e. The van der Waals surface area contributed by atoms with Gasteiger partial charge in [0.1, 0.15) is 12.4 Å². The van der Waals surface area contributed by atoms with E-state index in [0.29, 0.717) is 28.3 Å². The summed E-state index contributed by atoms with van der Waals surface area (Å²) in [5, 5.41) is 11.9. The van der Waals surface area contributed by atoms with E-state index < -0.39 is 17.9 Å². The van der Waals surface area contributed by atoms with Gasteiger partial charge in [0.15, 0.2) is 17.3 Å². The molecule has 0 aliphatic rings. The lowest BCUT2D eigenvalue weighted by Gasteiger charge is -2.28. The smallest absolute Gasteiger partial charge is 0.305 e. The number of carboxylic acid groups (broad SMARTS) is 1. The lowest BCUT2D eigenvalue weighted by molar-refractivity contribution is -0.871. The standard InChI is InChI=1S/C23H32N2O6/c1-6-7-16-8-10-19(21(12-16)29-5)30-15-18-9-11-20(31-18)23(28)24-17(13-22(26)27)14-25(2,3)4/h8-12,17H,6-7,13-15H2,1-5H3,(H-,24,26,27,28)/p+1. The zero-order chi connectivity index (χ0) is 23.0. The van der Waals surface area contributed by atoms with Crippen molar-refractivity contribution in [2.45, 2.75) is 38.8 Å². The van der Waals surface area contributed by atoms with Crippen LogP contribution in [0, 0.1) is 0 Å². The number of methoxy groups -OCH3 is 1. The molecule has 8 heteroatoms. The van der Waals surface area contributed by atoms with E-state index in [4.69, 9.17) is 19.0 Å². The molecule has 1 aromatic heterocycles. The Hall–Kier alpha value is -3.00. The van der Waals surface area contributed by atoms with Crippen molar-refractivity contribution < 1.29 is 33.1 Å². The number of benzene rings is 1. The molecule has 0 aliphatic carbocycles. The quantitative estimate of drug-likeness (QED) is 0.499. The lowest BCUT2D eigenvalue weighted by atomic mass is 10.1. The number of carbonyl (C=O) groups excluding carboxylic acids is 1. The number of furan rings is 1. The number of likely N-dealkylation sites (N-methyl/N-ethyl adjacent to an activating group) is 1. The summed E-state index contributed by atoms with van der Waals surface area (Å²) < 4.78 is 17.4. The highest BCUT2D eigenvalue weighted by atomic mass is 16.5. The van der Waals surface area contributed by atoms with Crippen LogP contribution < -0.4 is 14.8 Å². The number of ether oxygens (including phenoxy) is 2. The van der Waals surface area contributed by atoms with Gasteiger partial charge >= 0.3 is 5.97 Å². The van der Waals surface area contributed by atoms with Crippen LogP contribution >= 0.6 is 0 Å². The van der Waals surface area contributed by atoms with Crippen molar-refractivity contribution in [1.29, 1.82) is 0 Å². The molecule has 1 unspecified atom stereocenters. The zero-order valence-corrected chi connectivity index (χ0v) is 18.9. The maximum atomic E-state index is 12.5. The van der Waals surface area contributed by atoms with Gasteiger partial charge in [-0.25, -0.2) is 0 Å². The van der Waals surface area contributed by atoms with E-state index in [-0.39, 0.29) is 18.8 Å². The van der Waals surface area contributed by atoms with Crippen molar-refractivity contribution in [3.63, 3.8) is 0 Å². The molecule has 31 heavy (non-hydrogen) atoms. The van der Waals surface area contributed by atoms with Crippen LogP contribution in [-0.4, -0.2) is 62.3 Å². The highest BCUT2D eigenvalue weighted by Crippen LogP contribution is 2.29. The first-order valence-electron chi connectivity index (χ1n) is 10.3. The Morgan fingerprint density at radius 3 is 2.52 bits per heavy atom. The molecule has 1 heterocycles. The number of carbonyl (C=O) groups is 2. The Bertz CT molecular complexity index is 884. The summed E-state index contributed by atoms with van der Waals surface area (Å²) >= 11 is 0. The van der Waals surface area contributed by atoms with Crippen molar-refractivity contribution in [3.8, 4) is 11.5 Å². The second-order valence-corrected chi connectivity index (χ2v) is 8.53. The predicted octanol–water partition coefficient (Wildman–Crippen LogP) is 3.10. The first-order valence-corrected chi connectivity index (χ1v) is 10.3. The second-order valence-electron chi connectivity index (χ2n) is 8.53. The van der Waals surface area contributed by atoms with E-state index in [0.717, 1.165) is 12.8 Å². The molecule has 0 saturated heterocycles. The molecule has 170 valence electrons. The van der Waals surface area contributed by atoms with Crippen LogP contribution in [0.15, 0.2) is 34.7 Å². The molecular weight excluding hydrogens is 400 g/mol. The van der Waals surface area contributed by atoms with Gasteiger partial charge in [-0.05, 0) is 36.2 Å². The second kappa shape index (κ2) is 10.9. The van der Waals surface area contributed by atoms with Crippen LogP contribution in [0.4, 0.5) is 0 Å². The molecule has 2 rings (SSSR count). The van der Waals surface area contributed by atoms with E-state index in [1.807, 2.05) is 39.3 Å². The summed E-state index contributed by atoms with van der Waals surface area (Å²) in [6.07, 6.45) is 1.85. The lowest BCUT2D eigenvalue weighted by Crippen LogP contribution is -2.49. The fourth-order valence-electron chi connectivity index (χ4n) is 3.29. The van der Waals surface area contributed by atoms with Crippen LogP contribution in [0.2, 0.25) is 0 Å². The monoisotopic (exact) mass is 433 g/mol. The molecular formula is C23H33N2O6+. The highest BCUT2D eigenvalue weighted by Gasteiger charge is 2.24. The molecule has 2 N–H and O–H groups in total. The fraction of sp³-hybridized carbons (Fsp3) is 0.478.